The molecule has 1 atom stereocenters. The molecule has 0 aromatic carbocycles. The van der Waals surface area contributed by atoms with E-state index in [0.717, 1.165) is 24.8 Å². The van der Waals surface area contributed by atoms with Crippen LogP contribution in [0.5, 0.6) is 0 Å². The van der Waals surface area contributed by atoms with Crippen molar-refractivity contribution in [2.75, 3.05) is 0 Å². The number of allylic oxidation sites excluding steroid dienone is 3. The van der Waals surface area contributed by atoms with Crippen molar-refractivity contribution in [2.45, 2.75) is 45.6 Å². The molecule has 0 radical (unpaired) electrons. The molecule has 0 aliphatic heterocycles. The molecule has 0 bridgehead atoms. The van der Waals surface area contributed by atoms with Crippen LogP contribution in [0.25, 0.3) is 0 Å². The van der Waals surface area contributed by atoms with Gasteiger partial charge in [0.2, 0.25) is 0 Å². The topological polar surface area (TPSA) is 63.3 Å². The molecule has 86 valence electrons. The summed E-state index contributed by atoms with van der Waals surface area (Å²) in [4.78, 5) is 10.5. The fourth-order valence-electron chi connectivity index (χ4n) is 1.40. The Morgan fingerprint density at radius 1 is 1.60 bits per heavy atom. The smallest absolute Gasteiger partial charge is 0.320 e. The van der Waals surface area contributed by atoms with Crippen LogP contribution < -0.4 is 5.73 Å². The van der Waals surface area contributed by atoms with Crippen molar-refractivity contribution >= 4 is 5.97 Å². The minimum absolute atomic E-state index is 0.494. The molecule has 0 rings (SSSR count). The Balaban J connectivity index is 4.13. The highest BCUT2D eigenvalue weighted by Crippen LogP contribution is 2.16. The molecule has 3 N–H and O–H groups in total. The van der Waals surface area contributed by atoms with Crippen molar-refractivity contribution in [3.63, 3.8) is 0 Å². The summed E-state index contributed by atoms with van der Waals surface area (Å²) in [5.74, 6) is -0.929. The maximum absolute atomic E-state index is 10.5. The standard InChI is InChI=1S/C12H21NO2/c1-4-5-10(8-9(2)3)6-7-11(13)12(14)15/h5,11H,2,4,6-8,13H2,1,3H3,(H,14,15)/b10-5-. The Hall–Kier alpha value is -1.09. The van der Waals surface area contributed by atoms with Crippen LogP contribution in [-0.4, -0.2) is 17.1 Å². The van der Waals surface area contributed by atoms with Crippen LogP contribution in [0.2, 0.25) is 0 Å². The van der Waals surface area contributed by atoms with Crippen LogP contribution in [0.3, 0.4) is 0 Å². The van der Waals surface area contributed by atoms with E-state index in [1.807, 2.05) is 6.92 Å². The molecule has 0 fully saturated rings. The van der Waals surface area contributed by atoms with E-state index in [9.17, 15) is 4.79 Å². The molecule has 0 aromatic rings. The maximum atomic E-state index is 10.5. The first kappa shape index (κ1) is 13.9. The number of hydrogen-bond donors (Lipinski definition) is 2. The van der Waals surface area contributed by atoms with E-state index in [0.29, 0.717) is 6.42 Å². The summed E-state index contributed by atoms with van der Waals surface area (Å²) in [7, 11) is 0. The molecule has 1 unspecified atom stereocenters. The molecular weight excluding hydrogens is 190 g/mol. The number of nitrogens with two attached hydrogens (primary N) is 1. The molecule has 0 aliphatic carbocycles. The van der Waals surface area contributed by atoms with Crippen molar-refractivity contribution in [3.05, 3.63) is 23.8 Å². The lowest BCUT2D eigenvalue weighted by Crippen LogP contribution is -2.29. The molecule has 15 heavy (non-hydrogen) atoms. The van der Waals surface area contributed by atoms with Gasteiger partial charge in [-0.2, -0.15) is 0 Å². The van der Waals surface area contributed by atoms with E-state index in [-0.39, 0.29) is 0 Å². The van der Waals surface area contributed by atoms with Crippen molar-refractivity contribution < 1.29 is 9.90 Å². The molecular formula is C12H21NO2. The Kier molecular flexibility index (Phi) is 6.71. The molecule has 0 aromatic heterocycles. The fraction of sp³-hybridized carbons (Fsp3) is 0.583. The van der Waals surface area contributed by atoms with Gasteiger partial charge < -0.3 is 10.8 Å². The van der Waals surface area contributed by atoms with Crippen molar-refractivity contribution in [3.8, 4) is 0 Å². The average Bonchev–Trinajstić information content (AvgIpc) is 2.13. The van der Waals surface area contributed by atoms with E-state index in [1.165, 1.54) is 5.57 Å². The first-order valence-electron chi connectivity index (χ1n) is 5.28. The van der Waals surface area contributed by atoms with Gasteiger partial charge in [0.05, 0.1) is 0 Å². The zero-order valence-electron chi connectivity index (χ0n) is 9.62. The number of hydrogen-bond acceptors (Lipinski definition) is 2. The first-order valence-corrected chi connectivity index (χ1v) is 5.28. The summed E-state index contributed by atoms with van der Waals surface area (Å²) in [6.07, 6.45) is 5.18. The number of aliphatic carboxylic acids is 1. The molecule has 0 amide bonds. The van der Waals surface area contributed by atoms with Crippen LogP contribution in [0.1, 0.15) is 39.5 Å². The highest BCUT2D eigenvalue weighted by Gasteiger charge is 2.11. The lowest BCUT2D eigenvalue weighted by molar-refractivity contribution is -0.138. The Morgan fingerprint density at radius 3 is 2.60 bits per heavy atom. The largest absolute Gasteiger partial charge is 0.480 e. The highest BCUT2D eigenvalue weighted by atomic mass is 16.4. The fourth-order valence-corrected chi connectivity index (χ4v) is 1.40. The quantitative estimate of drug-likeness (QED) is 0.636. The molecule has 0 saturated heterocycles. The molecule has 0 aliphatic rings. The lowest BCUT2D eigenvalue weighted by atomic mass is 9.99. The lowest BCUT2D eigenvalue weighted by Gasteiger charge is -2.09. The Bertz CT molecular complexity index is 256. The summed E-state index contributed by atoms with van der Waals surface area (Å²) < 4.78 is 0. The normalized spacial score (nSPS) is 13.7. The van der Waals surface area contributed by atoms with Crippen LogP contribution in [-0.2, 0) is 4.79 Å². The van der Waals surface area contributed by atoms with Gasteiger partial charge in [0.1, 0.15) is 6.04 Å². The molecule has 3 heteroatoms. The van der Waals surface area contributed by atoms with E-state index in [2.05, 4.69) is 19.6 Å². The van der Waals surface area contributed by atoms with E-state index >= 15 is 0 Å². The van der Waals surface area contributed by atoms with E-state index in [1.54, 1.807) is 0 Å². The van der Waals surface area contributed by atoms with E-state index < -0.39 is 12.0 Å². The minimum atomic E-state index is -0.929. The zero-order valence-corrected chi connectivity index (χ0v) is 9.62. The van der Waals surface area contributed by atoms with Crippen molar-refractivity contribution in [1.29, 1.82) is 0 Å². The van der Waals surface area contributed by atoms with Gasteiger partial charge in [-0.1, -0.05) is 30.7 Å². The summed E-state index contributed by atoms with van der Waals surface area (Å²) in [6.45, 7) is 7.89. The predicted octanol–water partition coefficient (Wildman–Crippen LogP) is 2.48. The summed E-state index contributed by atoms with van der Waals surface area (Å²) in [5, 5.41) is 8.64. The second-order valence-electron chi connectivity index (χ2n) is 3.89. The number of rotatable bonds is 7. The van der Waals surface area contributed by atoms with E-state index in [4.69, 9.17) is 10.8 Å². The first-order chi connectivity index (χ1) is 6.97. The van der Waals surface area contributed by atoms with Crippen molar-refractivity contribution in [1.82, 2.24) is 0 Å². The highest BCUT2D eigenvalue weighted by molar-refractivity contribution is 5.73. The van der Waals surface area contributed by atoms with Crippen LogP contribution in [0, 0.1) is 0 Å². The second-order valence-corrected chi connectivity index (χ2v) is 3.89. The predicted molar refractivity (Wildman–Crippen MR) is 62.7 cm³/mol. The van der Waals surface area contributed by atoms with Gasteiger partial charge in [0.25, 0.3) is 0 Å². The van der Waals surface area contributed by atoms with Crippen molar-refractivity contribution in [2.24, 2.45) is 5.73 Å². The number of carboxylic acids is 1. The SMILES string of the molecule is C=C(C)C/C(=C\CC)CCC(N)C(=O)O. The summed E-state index contributed by atoms with van der Waals surface area (Å²) in [5.41, 5.74) is 7.78. The molecule has 0 saturated carbocycles. The van der Waals surface area contributed by atoms with Gasteiger partial charge in [-0.05, 0) is 32.6 Å². The third-order valence-electron chi connectivity index (χ3n) is 2.12. The minimum Gasteiger partial charge on any atom is -0.480 e. The summed E-state index contributed by atoms with van der Waals surface area (Å²) in [6, 6.07) is -0.754. The average molecular weight is 211 g/mol. The molecule has 0 spiro atoms. The maximum Gasteiger partial charge on any atom is 0.320 e. The second kappa shape index (κ2) is 7.23. The Morgan fingerprint density at radius 2 is 2.20 bits per heavy atom. The van der Waals surface area contributed by atoms with Gasteiger partial charge in [-0.3, -0.25) is 4.79 Å². The molecule has 0 heterocycles. The number of carbonyl (C=O) groups is 1. The third-order valence-corrected chi connectivity index (χ3v) is 2.12. The zero-order chi connectivity index (χ0) is 11.8. The van der Waals surface area contributed by atoms with Gasteiger partial charge in [-0.15, -0.1) is 0 Å². The summed E-state index contributed by atoms with van der Waals surface area (Å²) >= 11 is 0. The third kappa shape index (κ3) is 6.91. The van der Waals surface area contributed by atoms with Gasteiger partial charge >= 0.3 is 5.97 Å². The van der Waals surface area contributed by atoms with Gasteiger partial charge in [-0.25, -0.2) is 0 Å². The van der Waals surface area contributed by atoms with Crippen LogP contribution in [0.15, 0.2) is 23.8 Å². The van der Waals surface area contributed by atoms with Gasteiger partial charge in [0, 0.05) is 0 Å². The number of carboxylic acid groups (broad SMARTS) is 1. The molecule has 3 nitrogen and oxygen atoms in total. The van der Waals surface area contributed by atoms with Crippen LogP contribution >= 0.6 is 0 Å². The monoisotopic (exact) mass is 211 g/mol. The van der Waals surface area contributed by atoms with Crippen LogP contribution in [0.4, 0.5) is 0 Å². The Labute approximate surface area is 91.7 Å². The van der Waals surface area contributed by atoms with Gasteiger partial charge in [0.15, 0.2) is 0 Å².